The lowest BCUT2D eigenvalue weighted by atomic mass is 10.0. The summed E-state index contributed by atoms with van der Waals surface area (Å²) in [7, 11) is 1.88. The molecule has 102 valence electrons. The van der Waals surface area contributed by atoms with E-state index in [9.17, 15) is 9.90 Å². The number of nitrogens with zero attached hydrogens (tertiary/aromatic N) is 2. The molecule has 2 unspecified atom stereocenters. The Labute approximate surface area is 113 Å². The first-order valence-electron chi connectivity index (χ1n) is 6.19. The number of hydrogen-bond acceptors (Lipinski definition) is 4. The van der Waals surface area contributed by atoms with Crippen LogP contribution in [0.2, 0.25) is 0 Å². The highest BCUT2D eigenvalue weighted by Gasteiger charge is 2.28. The second-order valence-corrected chi connectivity index (χ2v) is 6.01. The topological polar surface area (TPSA) is 53.4 Å². The Morgan fingerprint density at radius 2 is 2.11 bits per heavy atom. The minimum Gasteiger partial charge on any atom is -0.480 e. The number of rotatable bonds is 6. The summed E-state index contributed by atoms with van der Waals surface area (Å²) in [4.78, 5) is 18.7. The largest absolute Gasteiger partial charge is 0.480 e. The highest BCUT2D eigenvalue weighted by Crippen LogP contribution is 2.28. The quantitative estimate of drug-likeness (QED) is 0.863. The van der Waals surface area contributed by atoms with Crippen LogP contribution in [0, 0.1) is 12.8 Å². The fourth-order valence-electron chi connectivity index (χ4n) is 2.05. The summed E-state index contributed by atoms with van der Waals surface area (Å²) in [6.07, 6.45) is 0.661. The fraction of sp³-hybridized carbons (Fsp3) is 0.692. The first-order valence-corrected chi connectivity index (χ1v) is 7.07. The summed E-state index contributed by atoms with van der Waals surface area (Å²) in [5.41, 5.74) is 2.81. The van der Waals surface area contributed by atoms with E-state index in [4.69, 9.17) is 0 Å². The minimum absolute atomic E-state index is 0.0809. The molecule has 0 aliphatic rings. The molecule has 0 fully saturated rings. The maximum absolute atomic E-state index is 11.4. The zero-order chi connectivity index (χ0) is 13.9. The summed E-state index contributed by atoms with van der Waals surface area (Å²) in [6, 6.07) is -0.362. The van der Waals surface area contributed by atoms with Crippen LogP contribution in [0.1, 0.15) is 43.8 Å². The van der Waals surface area contributed by atoms with Gasteiger partial charge in [-0.2, -0.15) is 0 Å². The van der Waals surface area contributed by atoms with Crippen LogP contribution < -0.4 is 0 Å². The van der Waals surface area contributed by atoms with Crippen molar-refractivity contribution in [1.82, 2.24) is 9.88 Å². The lowest BCUT2D eigenvalue weighted by Crippen LogP contribution is -2.40. The Balaban J connectivity index is 2.86. The van der Waals surface area contributed by atoms with Crippen molar-refractivity contribution in [3.05, 3.63) is 16.1 Å². The van der Waals surface area contributed by atoms with E-state index in [1.165, 1.54) is 0 Å². The van der Waals surface area contributed by atoms with Crippen LogP contribution >= 0.6 is 11.3 Å². The van der Waals surface area contributed by atoms with Gasteiger partial charge in [0, 0.05) is 10.9 Å². The molecule has 2 atom stereocenters. The monoisotopic (exact) mass is 270 g/mol. The predicted octanol–water partition coefficient (Wildman–Crippen LogP) is 2.94. The third-order valence-corrected chi connectivity index (χ3v) is 4.35. The van der Waals surface area contributed by atoms with Crippen LogP contribution in [0.3, 0.4) is 0 Å². The number of hydrogen-bond donors (Lipinski definition) is 1. The highest BCUT2D eigenvalue weighted by atomic mass is 32.1. The van der Waals surface area contributed by atoms with Gasteiger partial charge in [-0.05, 0) is 33.2 Å². The molecule has 0 aromatic carbocycles. The summed E-state index contributed by atoms with van der Waals surface area (Å²) in [6.45, 7) is 8.10. The lowest BCUT2D eigenvalue weighted by Gasteiger charge is -2.31. The van der Waals surface area contributed by atoms with Crippen molar-refractivity contribution in [1.29, 1.82) is 0 Å². The molecule has 1 aromatic heterocycles. The zero-order valence-electron chi connectivity index (χ0n) is 11.7. The second-order valence-electron chi connectivity index (χ2n) is 5.13. The van der Waals surface area contributed by atoms with Crippen molar-refractivity contribution < 1.29 is 9.90 Å². The Morgan fingerprint density at radius 3 is 2.50 bits per heavy atom. The van der Waals surface area contributed by atoms with Crippen LogP contribution in [0.25, 0.3) is 0 Å². The van der Waals surface area contributed by atoms with E-state index < -0.39 is 12.0 Å². The molecule has 0 aliphatic carbocycles. The number of carboxylic acid groups (broad SMARTS) is 1. The molecule has 1 aromatic rings. The Bertz CT molecular complexity index is 403. The first-order chi connectivity index (χ1) is 8.34. The van der Waals surface area contributed by atoms with E-state index >= 15 is 0 Å². The third kappa shape index (κ3) is 3.53. The molecule has 18 heavy (non-hydrogen) atoms. The van der Waals surface area contributed by atoms with Crippen LogP contribution in [0.5, 0.6) is 0 Å². The number of likely N-dealkylation sites (N-methyl/N-ethyl adjacent to an activating group) is 1. The van der Waals surface area contributed by atoms with E-state index in [-0.39, 0.29) is 6.04 Å². The van der Waals surface area contributed by atoms with Crippen LogP contribution in [-0.2, 0) is 4.79 Å². The second kappa shape index (κ2) is 6.29. The summed E-state index contributed by atoms with van der Waals surface area (Å²) in [5.74, 6) is -0.386. The fourth-order valence-corrected chi connectivity index (χ4v) is 2.97. The average Bonchev–Trinajstić information content (AvgIpc) is 2.69. The van der Waals surface area contributed by atoms with Gasteiger partial charge in [0.15, 0.2) is 0 Å². The van der Waals surface area contributed by atoms with Crippen molar-refractivity contribution in [2.45, 2.75) is 46.2 Å². The third-order valence-electron chi connectivity index (χ3n) is 3.24. The molecule has 0 bridgehead atoms. The van der Waals surface area contributed by atoms with Crippen molar-refractivity contribution >= 4 is 17.3 Å². The molecule has 4 nitrogen and oxygen atoms in total. The van der Waals surface area contributed by atoms with Gasteiger partial charge in [0.25, 0.3) is 0 Å². The number of carboxylic acids is 1. The summed E-state index contributed by atoms with van der Waals surface area (Å²) in [5, 5.41) is 9.35. The number of aliphatic carboxylic acids is 1. The minimum atomic E-state index is -0.750. The van der Waals surface area contributed by atoms with Crippen LogP contribution in [0.15, 0.2) is 5.51 Å². The molecular formula is C13H22N2O2S. The van der Waals surface area contributed by atoms with E-state index in [2.05, 4.69) is 4.98 Å². The van der Waals surface area contributed by atoms with Crippen molar-refractivity contribution in [2.75, 3.05) is 7.05 Å². The molecule has 5 heteroatoms. The molecule has 0 saturated carbocycles. The normalized spacial score (nSPS) is 15.1. The lowest BCUT2D eigenvalue weighted by molar-refractivity contribution is -0.144. The van der Waals surface area contributed by atoms with E-state index in [0.717, 1.165) is 10.6 Å². The van der Waals surface area contributed by atoms with Gasteiger partial charge in [0.2, 0.25) is 0 Å². The van der Waals surface area contributed by atoms with Crippen molar-refractivity contribution in [3.8, 4) is 0 Å². The predicted molar refractivity (Wildman–Crippen MR) is 73.9 cm³/mol. The Kier molecular flexibility index (Phi) is 5.28. The van der Waals surface area contributed by atoms with Gasteiger partial charge in [-0.3, -0.25) is 9.69 Å². The molecule has 1 rings (SSSR count). The number of aryl methyl sites for hydroxylation is 1. The molecule has 0 spiro atoms. The van der Waals surface area contributed by atoms with E-state index in [1.807, 2.05) is 45.2 Å². The summed E-state index contributed by atoms with van der Waals surface area (Å²) >= 11 is 1.59. The first kappa shape index (κ1) is 15.1. The smallest absolute Gasteiger partial charge is 0.320 e. The van der Waals surface area contributed by atoms with Gasteiger partial charge in [-0.1, -0.05) is 13.8 Å². The SMILES string of the molecule is Cc1ncsc1C(C)N(C)C(CC(C)C)C(=O)O. The maximum Gasteiger partial charge on any atom is 0.320 e. The molecule has 0 saturated heterocycles. The standard InChI is InChI=1S/C13H22N2O2S/c1-8(2)6-11(13(16)17)15(5)10(4)12-9(3)14-7-18-12/h7-8,10-11H,6H2,1-5H3,(H,16,17). The Morgan fingerprint density at radius 1 is 1.50 bits per heavy atom. The molecule has 0 aliphatic heterocycles. The van der Waals surface area contributed by atoms with E-state index in [1.54, 1.807) is 11.3 Å². The molecule has 1 N–H and O–H groups in total. The van der Waals surface area contributed by atoms with Gasteiger partial charge in [-0.15, -0.1) is 11.3 Å². The molecule has 1 heterocycles. The van der Waals surface area contributed by atoms with Gasteiger partial charge >= 0.3 is 5.97 Å². The van der Waals surface area contributed by atoms with Gasteiger partial charge in [-0.25, -0.2) is 4.98 Å². The average molecular weight is 270 g/mol. The molecule has 0 amide bonds. The van der Waals surface area contributed by atoms with Crippen molar-refractivity contribution in [3.63, 3.8) is 0 Å². The molecular weight excluding hydrogens is 248 g/mol. The number of thiazole rings is 1. The number of aromatic nitrogens is 1. The number of carbonyl (C=O) groups is 1. The van der Waals surface area contributed by atoms with Crippen molar-refractivity contribution in [2.24, 2.45) is 5.92 Å². The van der Waals surface area contributed by atoms with Crippen LogP contribution in [-0.4, -0.2) is 34.0 Å². The van der Waals surface area contributed by atoms with E-state index in [0.29, 0.717) is 12.3 Å². The maximum atomic E-state index is 11.4. The molecule has 0 radical (unpaired) electrons. The highest BCUT2D eigenvalue weighted by molar-refractivity contribution is 7.09. The Hall–Kier alpha value is -0.940. The van der Waals surface area contributed by atoms with Crippen LogP contribution in [0.4, 0.5) is 0 Å². The zero-order valence-corrected chi connectivity index (χ0v) is 12.5. The summed E-state index contributed by atoms with van der Waals surface area (Å²) < 4.78 is 0. The van der Waals surface area contributed by atoms with Gasteiger partial charge in [0.05, 0.1) is 11.2 Å². The van der Waals surface area contributed by atoms with Gasteiger partial charge < -0.3 is 5.11 Å². The van der Waals surface area contributed by atoms with Gasteiger partial charge in [0.1, 0.15) is 6.04 Å².